The van der Waals surface area contributed by atoms with E-state index >= 15 is 0 Å². The number of methoxy groups -OCH3 is 1. The van der Waals surface area contributed by atoms with Crippen molar-refractivity contribution >= 4 is 11.5 Å². The number of nitrogens with zero attached hydrogens (tertiary/aromatic N) is 1. The van der Waals surface area contributed by atoms with Crippen LogP contribution < -0.4 is 11.1 Å². The molecule has 1 fully saturated rings. The highest BCUT2D eigenvalue weighted by atomic mass is 16.5. The molecule has 15 heavy (non-hydrogen) atoms. The van der Waals surface area contributed by atoms with Crippen molar-refractivity contribution < 1.29 is 4.74 Å². The monoisotopic (exact) mass is 207 g/mol. The first-order valence-electron chi connectivity index (χ1n) is 5.25. The van der Waals surface area contributed by atoms with Crippen molar-refractivity contribution in [3.63, 3.8) is 0 Å². The number of pyridine rings is 1. The summed E-state index contributed by atoms with van der Waals surface area (Å²) in [5, 5.41) is 3.33. The molecule has 0 spiro atoms. The highest BCUT2D eigenvalue weighted by Crippen LogP contribution is 2.35. The van der Waals surface area contributed by atoms with Gasteiger partial charge in [0.25, 0.3) is 0 Å². The lowest BCUT2D eigenvalue weighted by molar-refractivity contribution is -0.0601. The van der Waals surface area contributed by atoms with E-state index in [1.54, 1.807) is 13.3 Å². The van der Waals surface area contributed by atoms with Gasteiger partial charge in [-0.2, -0.15) is 0 Å². The molecule has 1 aromatic rings. The second kappa shape index (κ2) is 4.06. The second-order valence-corrected chi connectivity index (χ2v) is 4.06. The smallest absolute Gasteiger partial charge is 0.125 e. The summed E-state index contributed by atoms with van der Waals surface area (Å²) in [6, 6.07) is 3.75. The Labute approximate surface area is 89.8 Å². The number of anilines is 2. The maximum absolute atomic E-state index is 5.59. The SMILES string of the molecule is COC1(CNc2ccnc(N)c2)CCC1. The zero-order chi connectivity index (χ0) is 10.7. The minimum Gasteiger partial charge on any atom is -0.384 e. The van der Waals surface area contributed by atoms with E-state index in [4.69, 9.17) is 10.5 Å². The number of nitrogen functional groups attached to an aromatic ring is 1. The Balaban J connectivity index is 1.92. The third-order valence-corrected chi connectivity index (χ3v) is 3.09. The summed E-state index contributed by atoms with van der Waals surface area (Å²) in [6.45, 7) is 0.840. The first-order valence-corrected chi connectivity index (χ1v) is 5.25. The van der Waals surface area contributed by atoms with E-state index in [1.165, 1.54) is 6.42 Å². The van der Waals surface area contributed by atoms with Gasteiger partial charge in [0.2, 0.25) is 0 Å². The average molecular weight is 207 g/mol. The van der Waals surface area contributed by atoms with Gasteiger partial charge in [0.1, 0.15) is 5.82 Å². The molecule has 1 heterocycles. The summed E-state index contributed by atoms with van der Waals surface area (Å²) in [7, 11) is 1.78. The molecular formula is C11H17N3O. The van der Waals surface area contributed by atoms with Crippen LogP contribution >= 0.6 is 0 Å². The van der Waals surface area contributed by atoms with Crippen molar-refractivity contribution in [1.29, 1.82) is 0 Å². The van der Waals surface area contributed by atoms with Crippen LogP contribution in [0, 0.1) is 0 Å². The molecule has 2 rings (SSSR count). The Kier molecular flexibility index (Phi) is 2.77. The molecule has 1 aromatic heterocycles. The summed E-state index contributed by atoms with van der Waals surface area (Å²) in [6.07, 6.45) is 5.24. The summed E-state index contributed by atoms with van der Waals surface area (Å²) in [4.78, 5) is 3.95. The van der Waals surface area contributed by atoms with Gasteiger partial charge < -0.3 is 15.8 Å². The van der Waals surface area contributed by atoms with Gasteiger partial charge in [-0.05, 0) is 25.3 Å². The van der Waals surface area contributed by atoms with Crippen LogP contribution in [0.15, 0.2) is 18.3 Å². The van der Waals surface area contributed by atoms with Gasteiger partial charge in [-0.1, -0.05) is 0 Å². The lowest BCUT2D eigenvalue weighted by atomic mass is 9.80. The Morgan fingerprint density at radius 1 is 1.60 bits per heavy atom. The van der Waals surface area contributed by atoms with Crippen molar-refractivity contribution in [2.24, 2.45) is 0 Å². The molecule has 4 nitrogen and oxygen atoms in total. The van der Waals surface area contributed by atoms with E-state index < -0.39 is 0 Å². The molecular weight excluding hydrogens is 190 g/mol. The fourth-order valence-electron chi connectivity index (χ4n) is 1.85. The molecule has 1 saturated carbocycles. The Morgan fingerprint density at radius 3 is 2.93 bits per heavy atom. The highest BCUT2D eigenvalue weighted by molar-refractivity contribution is 5.49. The van der Waals surface area contributed by atoms with Crippen LogP contribution in [-0.2, 0) is 4.74 Å². The Morgan fingerprint density at radius 2 is 2.40 bits per heavy atom. The fraction of sp³-hybridized carbons (Fsp3) is 0.545. The van der Waals surface area contributed by atoms with Crippen molar-refractivity contribution in [2.45, 2.75) is 24.9 Å². The first-order chi connectivity index (χ1) is 7.24. The third kappa shape index (κ3) is 2.21. The van der Waals surface area contributed by atoms with E-state index in [-0.39, 0.29) is 5.60 Å². The summed E-state index contributed by atoms with van der Waals surface area (Å²) < 4.78 is 5.52. The molecule has 1 aliphatic carbocycles. The lowest BCUT2D eigenvalue weighted by Gasteiger charge is -2.40. The number of hydrogen-bond donors (Lipinski definition) is 2. The van der Waals surface area contributed by atoms with Gasteiger partial charge in [0.15, 0.2) is 0 Å². The predicted molar refractivity (Wildman–Crippen MR) is 60.7 cm³/mol. The molecule has 0 unspecified atom stereocenters. The minimum absolute atomic E-state index is 0.0397. The number of nitrogens with two attached hydrogens (primary N) is 1. The molecule has 0 radical (unpaired) electrons. The standard InChI is InChI=1S/C11H17N3O/c1-15-11(4-2-5-11)8-14-9-3-6-13-10(12)7-9/h3,6-7H,2,4-5,8H2,1H3,(H3,12,13,14). The number of rotatable bonds is 4. The molecule has 0 atom stereocenters. The van der Waals surface area contributed by atoms with Crippen molar-refractivity contribution in [3.05, 3.63) is 18.3 Å². The van der Waals surface area contributed by atoms with Gasteiger partial charge in [-0.25, -0.2) is 4.98 Å². The largest absolute Gasteiger partial charge is 0.384 e. The van der Waals surface area contributed by atoms with Crippen molar-refractivity contribution in [3.8, 4) is 0 Å². The Hall–Kier alpha value is -1.29. The van der Waals surface area contributed by atoms with Gasteiger partial charge in [0.05, 0.1) is 5.60 Å². The predicted octanol–water partition coefficient (Wildman–Crippen LogP) is 1.64. The lowest BCUT2D eigenvalue weighted by Crippen LogP contribution is -2.45. The number of hydrogen-bond acceptors (Lipinski definition) is 4. The molecule has 0 amide bonds. The van der Waals surface area contributed by atoms with Gasteiger partial charge >= 0.3 is 0 Å². The molecule has 1 aliphatic rings. The van der Waals surface area contributed by atoms with Gasteiger partial charge in [0, 0.05) is 31.6 Å². The topological polar surface area (TPSA) is 60.2 Å². The number of ether oxygens (including phenoxy) is 1. The third-order valence-electron chi connectivity index (χ3n) is 3.09. The maximum Gasteiger partial charge on any atom is 0.125 e. The van der Waals surface area contributed by atoms with Gasteiger partial charge in [-0.3, -0.25) is 0 Å². The molecule has 82 valence electrons. The second-order valence-electron chi connectivity index (χ2n) is 4.06. The van der Waals surface area contributed by atoms with Crippen LogP contribution in [0.4, 0.5) is 11.5 Å². The summed E-state index contributed by atoms with van der Waals surface area (Å²) in [5.74, 6) is 0.542. The van der Waals surface area contributed by atoms with E-state index in [9.17, 15) is 0 Å². The van der Waals surface area contributed by atoms with Crippen LogP contribution in [0.1, 0.15) is 19.3 Å². The Bertz CT molecular complexity index is 331. The van der Waals surface area contributed by atoms with Crippen molar-refractivity contribution in [1.82, 2.24) is 4.98 Å². The first kappa shape index (κ1) is 10.2. The molecule has 3 N–H and O–H groups in total. The zero-order valence-electron chi connectivity index (χ0n) is 8.99. The minimum atomic E-state index is 0.0397. The average Bonchev–Trinajstić information content (AvgIpc) is 2.17. The molecule has 0 bridgehead atoms. The van der Waals surface area contributed by atoms with Crippen molar-refractivity contribution in [2.75, 3.05) is 24.7 Å². The molecule has 0 aromatic carbocycles. The van der Waals surface area contributed by atoms with Crippen LogP contribution in [-0.4, -0.2) is 24.2 Å². The summed E-state index contributed by atoms with van der Waals surface area (Å²) >= 11 is 0. The molecule has 4 heteroatoms. The van der Waals surface area contributed by atoms with Crippen LogP contribution in [0.2, 0.25) is 0 Å². The molecule has 0 aliphatic heterocycles. The van der Waals surface area contributed by atoms with E-state index in [0.717, 1.165) is 25.1 Å². The normalized spacial score (nSPS) is 18.2. The number of aromatic nitrogens is 1. The van der Waals surface area contributed by atoms with Gasteiger partial charge in [-0.15, -0.1) is 0 Å². The van der Waals surface area contributed by atoms with Crippen LogP contribution in [0.3, 0.4) is 0 Å². The van der Waals surface area contributed by atoms with E-state index in [2.05, 4.69) is 10.3 Å². The van der Waals surface area contributed by atoms with Crippen LogP contribution in [0.5, 0.6) is 0 Å². The number of nitrogens with one attached hydrogen (secondary N) is 1. The fourth-order valence-corrected chi connectivity index (χ4v) is 1.85. The van der Waals surface area contributed by atoms with E-state index in [1.807, 2.05) is 12.1 Å². The quantitative estimate of drug-likeness (QED) is 0.788. The zero-order valence-corrected chi connectivity index (χ0v) is 8.99. The van der Waals surface area contributed by atoms with E-state index in [0.29, 0.717) is 5.82 Å². The summed E-state index contributed by atoms with van der Waals surface area (Å²) in [5.41, 5.74) is 6.64. The molecule has 0 saturated heterocycles. The van der Waals surface area contributed by atoms with Crippen LogP contribution in [0.25, 0.3) is 0 Å². The highest BCUT2D eigenvalue weighted by Gasteiger charge is 2.36. The maximum atomic E-state index is 5.59.